The van der Waals surface area contributed by atoms with Gasteiger partial charge in [-0.15, -0.1) is 0 Å². The second-order valence-corrected chi connectivity index (χ2v) is 6.46. The lowest BCUT2D eigenvalue weighted by Crippen LogP contribution is -2.58. The summed E-state index contributed by atoms with van der Waals surface area (Å²) in [5, 5.41) is 0. The fraction of sp³-hybridized carbons (Fsp3) is 1.00. The molecule has 3 heteroatoms. The summed E-state index contributed by atoms with van der Waals surface area (Å²) in [5.74, 6) is 3.49. The van der Waals surface area contributed by atoms with Gasteiger partial charge in [0.25, 0.3) is 0 Å². The number of piperidine rings is 1. The number of likely N-dealkylation sites (tertiary alicyclic amines) is 1. The average molecular weight is 228 g/mol. The molecule has 2 nitrogen and oxygen atoms in total. The molecule has 2 saturated heterocycles. The van der Waals surface area contributed by atoms with E-state index in [4.69, 9.17) is 5.73 Å². The normalized spacial score (nSPS) is 32.8. The largest absolute Gasteiger partial charge is 0.329 e. The van der Waals surface area contributed by atoms with Gasteiger partial charge < -0.3 is 5.73 Å². The molecule has 0 aromatic rings. The van der Waals surface area contributed by atoms with E-state index in [1.807, 2.05) is 0 Å². The van der Waals surface area contributed by atoms with Gasteiger partial charge in [0.15, 0.2) is 0 Å². The number of nitrogens with zero attached hydrogens (tertiary/aromatic N) is 1. The minimum atomic E-state index is 0.361. The third-order valence-corrected chi connectivity index (χ3v) is 5.12. The Balaban J connectivity index is 2.03. The van der Waals surface area contributed by atoms with Crippen LogP contribution in [0.1, 0.15) is 32.6 Å². The van der Waals surface area contributed by atoms with Gasteiger partial charge in [-0.25, -0.2) is 0 Å². The fourth-order valence-electron chi connectivity index (χ4n) is 3.02. The number of hydrogen-bond donors (Lipinski definition) is 1. The first-order valence-electron chi connectivity index (χ1n) is 6.30. The lowest BCUT2D eigenvalue weighted by Gasteiger charge is -2.48. The van der Waals surface area contributed by atoms with Gasteiger partial charge in [0.1, 0.15) is 0 Å². The molecule has 0 aromatic carbocycles. The first-order valence-corrected chi connectivity index (χ1v) is 7.45. The highest BCUT2D eigenvalue weighted by Gasteiger charge is 2.38. The zero-order valence-corrected chi connectivity index (χ0v) is 10.7. The van der Waals surface area contributed by atoms with E-state index in [2.05, 4.69) is 23.6 Å². The zero-order valence-electron chi connectivity index (χ0n) is 9.87. The SMILES string of the molecule is CC1CCCN(C2(CN)CCSCC2)C1. The Morgan fingerprint density at radius 2 is 2.13 bits per heavy atom. The molecule has 0 aliphatic carbocycles. The van der Waals surface area contributed by atoms with Gasteiger partial charge in [-0.05, 0) is 49.7 Å². The van der Waals surface area contributed by atoms with Crippen molar-refractivity contribution in [1.82, 2.24) is 4.90 Å². The summed E-state index contributed by atoms with van der Waals surface area (Å²) in [6, 6.07) is 0. The van der Waals surface area contributed by atoms with E-state index in [9.17, 15) is 0 Å². The van der Waals surface area contributed by atoms with E-state index in [-0.39, 0.29) is 0 Å². The summed E-state index contributed by atoms with van der Waals surface area (Å²) in [6.45, 7) is 5.81. The molecule has 0 amide bonds. The van der Waals surface area contributed by atoms with Crippen molar-refractivity contribution >= 4 is 11.8 Å². The Bertz CT molecular complexity index is 202. The molecular weight excluding hydrogens is 204 g/mol. The quantitative estimate of drug-likeness (QED) is 0.783. The molecule has 2 aliphatic heterocycles. The van der Waals surface area contributed by atoms with Crippen molar-refractivity contribution in [2.24, 2.45) is 11.7 Å². The third kappa shape index (κ3) is 2.51. The molecule has 1 atom stereocenters. The molecule has 0 aromatic heterocycles. The van der Waals surface area contributed by atoms with Crippen LogP contribution < -0.4 is 5.73 Å². The maximum absolute atomic E-state index is 6.06. The highest BCUT2D eigenvalue weighted by atomic mass is 32.2. The Morgan fingerprint density at radius 3 is 2.73 bits per heavy atom. The van der Waals surface area contributed by atoms with Crippen molar-refractivity contribution in [2.45, 2.75) is 38.1 Å². The van der Waals surface area contributed by atoms with E-state index in [1.54, 1.807) is 0 Å². The van der Waals surface area contributed by atoms with E-state index < -0.39 is 0 Å². The van der Waals surface area contributed by atoms with Crippen LogP contribution in [0.2, 0.25) is 0 Å². The van der Waals surface area contributed by atoms with Gasteiger partial charge in [-0.2, -0.15) is 11.8 Å². The summed E-state index contributed by atoms with van der Waals surface area (Å²) in [4.78, 5) is 2.71. The number of thioether (sulfide) groups is 1. The summed E-state index contributed by atoms with van der Waals surface area (Å²) in [6.07, 6.45) is 5.39. The van der Waals surface area contributed by atoms with E-state index in [0.29, 0.717) is 5.54 Å². The van der Waals surface area contributed by atoms with Crippen molar-refractivity contribution in [1.29, 1.82) is 0 Å². The highest BCUT2D eigenvalue weighted by molar-refractivity contribution is 7.99. The average Bonchev–Trinajstić information content (AvgIpc) is 2.30. The van der Waals surface area contributed by atoms with E-state index in [0.717, 1.165) is 12.5 Å². The number of hydrogen-bond acceptors (Lipinski definition) is 3. The van der Waals surface area contributed by atoms with Gasteiger partial charge in [0.2, 0.25) is 0 Å². The van der Waals surface area contributed by atoms with E-state index >= 15 is 0 Å². The maximum atomic E-state index is 6.06. The van der Waals surface area contributed by atoms with Crippen molar-refractivity contribution in [3.63, 3.8) is 0 Å². The van der Waals surface area contributed by atoms with Gasteiger partial charge in [-0.1, -0.05) is 6.92 Å². The molecule has 1 unspecified atom stereocenters. The van der Waals surface area contributed by atoms with Gasteiger partial charge in [0, 0.05) is 18.6 Å². The molecule has 2 heterocycles. The van der Waals surface area contributed by atoms with Crippen LogP contribution in [-0.2, 0) is 0 Å². The molecule has 0 radical (unpaired) electrons. The van der Waals surface area contributed by atoms with Crippen LogP contribution in [0.15, 0.2) is 0 Å². The monoisotopic (exact) mass is 228 g/mol. The molecule has 0 spiro atoms. The Kier molecular flexibility index (Phi) is 3.97. The van der Waals surface area contributed by atoms with Crippen LogP contribution in [-0.4, -0.2) is 41.6 Å². The zero-order chi connectivity index (χ0) is 10.7. The smallest absolute Gasteiger partial charge is 0.0347 e. The molecule has 2 aliphatic rings. The number of rotatable bonds is 2. The van der Waals surface area contributed by atoms with Crippen molar-refractivity contribution in [3.05, 3.63) is 0 Å². The van der Waals surface area contributed by atoms with Gasteiger partial charge in [0.05, 0.1) is 0 Å². The van der Waals surface area contributed by atoms with Gasteiger partial charge in [-0.3, -0.25) is 4.90 Å². The molecule has 0 saturated carbocycles. The highest BCUT2D eigenvalue weighted by Crippen LogP contribution is 2.34. The topological polar surface area (TPSA) is 29.3 Å². The Hall–Kier alpha value is 0.270. The van der Waals surface area contributed by atoms with Crippen LogP contribution in [0.4, 0.5) is 0 Å². The molecule has 2 fully saturated rings. The van der Waals surface area contributed by atoms with Crippen LogP contribution in [0.5, 0.6) is 0 Å². The second kappa shape index (κ2) is 5.07. The fourth-order valence-corrected chi connectivity index (χ4v) is 4.27. The summed E-state index contributed by atoms with van der Waals surface area (Å²) < 4.78 is 0. The predicted molar refractivity (Wildman–Crippen MR) is 68.3 cm³/mol. The molecule has 0 bridgehead atoms. The molecule has 88 valence electrons. The van der Waals surface area contributed by atoms with Gasteiger partial charge >= 0.3 is 0 Å². The van der Waals surface area contributed by atoms with Crippen molar-refractivity contribution in [2.75, 3.05) is 31.1 Å². The lowest BCUT2D eigenvalue weighted by atomic mass is 9.86. The first kappa shape index (κ1) is 11.7. The molecule has 2 rings (SSSR count). The second-order valence-electron chi connectivity index (χ2n) is 5.23. The summed E-state index contributed by atoms with van der Waals surface area (Å²) in [5.41, 5.74) is 6.42. The molecular formula is C12H24N2S. The number of nitrogens with two attached hydrogens (primary N) is 1. The summed E-state index contributed by atoms with van der Waals surface area (Å²) >= 11 is 2.10. The Morgan fingerprint density at radius 1 is 1.40 bits per heavy atom. The van der Waals surface area contributed by atoms with E-state index in [1.165, 1.54) is 50.3 Å². The standard InChI is InChI=1S/C12H24N2S/c1-11-3-2-6-14(9-11)12(10-13)4-7-15-8-5-12/h11H,2-10,13H2,1H3. The minimum Gasteiger partial charge on any atom is -0.329 e. The molecule has 15 heavy (non-hydrogen) atoms. The van der Waals surface area contributed by atoms with Crippen molar-refractivity contribution in [3.8, 4) is 0 Å². The third-order valence-electron chi connectivity index (χ3n) is 4.13. The van der Waals surface area contributed by atoms with Crippen molar-refractivity contribution < 1.29 is 0 Å². The van der Waals surface area contributed by atoms with Crippen LogP contribution in [0.3, 0.4) is 0 Å². The van der Waals surface area contributed by atoms with Crippen LogP contribution in [0.25, 0.3) is 0 Å². The van der Waals surface area contributed by atoms with Crippen LogP contribution >= 0.6 is 11.8 Å². The maximum Gasteiger partial charge on any atom is 0.0347 e. The predicted octanol–water partition coefficient (Wildman–Crippen LogP) is 1.94. The summed E-state index contributed by atoms with van der Waals surface area (Å²) in [7, 11) is 0. The minimum absolute atomic E-state index is 0.361. The molecule has 2 N–H and O–H groups in total. The lowest BCUT2D eigenvalue weighted by molar-refractivity contribution is 0.0446. The Labute approximate surface area is 98.0 Å². The van der Waals surface area contributed by atoms with Crippen LogP contribution in [0, 0.1) is 5.92 Å². The first-order chi connectivity index (χ1) is 7.27.